The van der Waals surface area contributed by atoms with Crippen LogP contribution in [0.3, 0.4) is 0 Å². The molecule has 4 N–H and O–H groups in total. The zero-order chi connectivity index (χ0) is 44.7. The highest BCUT2D eigenvalue weighted by Gasteiger charge is 2.43. The Bertz CT molecular complexity index is 1430. The molecule has 0 aromatic heterocycles. The third-order valence-corrected chi connectivity index (χ3v) is 11.5. The first-order chi connectivity index (χ1) is 28.0. The summed E-state index contributed by atoms with van der Waals surface area (Å²) in [4.78, 5) is 84.2. The number of hydrogen-bond acceptors (Lipinski definition) is 13. The van der Waals surface area contributed by atoms with Crippen molar-refractivity contribution in [1.82, 2.24) is 21.3 Å². The fraction of sp³-hybridized carbons (Fsp3) is 0.791. The van der Waals surface area contributed by atoms with E-state index in [1.165, 1.54) is 0 Å². The fourth-order valence-corrected chi connectivity index (χ4v) is 9.54. The van der Waals surface area contributed by atoms with E-state index in [4.69, 9.17) is 28.4 Å². The molecule has 0 heterocycles. The van der Waals surface area contributed by atoms with Crippen LogP contribution in [0, 0.1) is 33.5 Å². The van der Waals surface area contributed by atoms with Crippen LogP contribution in [0.4, 0.5) is 19.2 Å². The highest BCUT2D eigenvalue weighted by Crippen LogP contribution is 2.47. The van der Waals surface area contributed by atoms with E-state index in [9.17, 15) is 33.6 Å². The second-order valence-corrected chi connectivity index (χ2v) is 19.5. The molecule has 0 aliphatic heterocycles. The summed E-state index contributed by atoms with van der Waals surface area (Å²) in [6.07, 6.45) is 5.60. The molecule has 3 saturated carbocycles. The van der Waals surface area contributed by atoms with Gasteiger partial charge in [0.05, 0.1) is 13.2 Å². The molecule has 4 amide bonds. The van der Waals surface area contributed by atoms with Gasteiger partial charge in [-0.25, -0.2) is 28.8 Å². The molecule has 4 unspecified atom stereocenters. The maximum absolute atomic E-state index is 12.8. The Hall–Kier alpha value is -4.57. The first-order valence-electron chi connectivity index (χ1n) is 21.1. The van der Waals surface area contributed by atoms with E-state index in [1.54, 1.807) is 6.92 Å². The van der Waals surface area contributed by atoms with E-state index < -0.39 is 42.1 Å². The zero-order valence-electron chi connectivity index (χ0n) is 37.1. The maximum atomic E-state index is 12.8. The molecule has 3 aliphatic carbocycles. The molecule has 3 fully saturated rings. The van der Waals surface area contributed by atoms with Crippen LogP contribution in [-0.4, -0.2) is 107 Å². The lowest BCUT2D eigenvalue weighted by Gasteiger charge is -2.46. The second kappa shape index (κ2) is 22.3. The average Bonchev–Trinajstić information content (AvgIpc) is 3.13. The van der Waals surface area contributed by atoms with E-state index in [0.29, 0.717) is 39.1 Å². The van der Waals surface area contributed by atoms with E-state index in [-0.39, 0.29) is 77.6 Å². The van der Waals surface area contributed by atoms with Gasteiger partial charge < -0.3 is 49.7 Å². The number of carbonyl (C=O) groups excluding carboxylic acids is 7. The molecule has 3 rings (SSSR count). The van der Waals surface area contributed by atoms with Crippen LogP contribution >= 0.6 is 0 Å². The number of nitrogens with one attached hydrogen (secondary N) is 4. The van der Waals surface area contributed by atoms with E-state index >= 15 is 0 Å². The Kier molecular flexibility index (Phi) is 18.5. The van der Waals surface area contributed by atoms with Crippen molar-refractivity contribution < 1.29 is 62.0 Å². The third kappa shape index (κ3) is 18.4. The lowest BCUT2D eigenvalue weighted by atomic mass is 9.62. The monoisotopic (exact) mass is 850 g/mol. The molecule has 4 atom stereocenters. The molecule has 0 aromatic rings. The number of Topliss-reactive ketones (excluding diaryl/α,β-unsaturated/α-hetero) is 1. The predicted molar refractivity (Wildman–Crippen MR) is 220 cm³/mol. The normalized spacial score (nSPS) is 26.8. The van der Waals surface area contributed by atoms with Gasteiger partial charge in [0.1, 0.15) is 26.4 Å². The van der Waals surface area contributed by atoms with Crippen LogP contribution in [0.2, 0.25) is 0 Å². The molecule has 17 heteroatoms. The number of ketones is 1. The maximum Gasteiger partial charge on any atom is 0.407 e. The lowest BCUT2D eigenvalue weighted by Crippen LogP contribution is -2.50. The van der Waals surface area contributed by atoms with Crippen molar-refractivity contribution in [3.05, 3.63) is 12.2 Å². The summed E-state index contributed by atoms with van der Waals surface area (Å²) in [6.45, 7) is 19.7. The van der Waals surface area contributed by atoms with Crippen molar-refractivity contribution >= 4 is 42.1 Å². The van der Waals surface area contributed by atoms with Gasteiger partial charge in [-0.2, -0.15) is 0 Å². The van der Waals surface area contributed by atoms with Crippen LogP contribution in [-0.2, 0) is 42.8 Å². The van der Waals surface area contributed by atoms with Crippen LogP contribution in [0.1, 0.15) is 120 Å². The Labute approximate surface area is 354 Å². The largest absolute Gasteiger partial charge is 0.459 e. The summed E-state index contributed by atoms with van der Waals surface area (Å²) in [6, 6.07) is -0.360. The van der Waals surface area contributed by atoms with Gasteiger partial charge in [0.15, 0.2) is 0 Å². The van der Waals surface area contributed by atoms with Gasteiger partial charge in [-0.05, 0) is 105 Å². The SMILES string of the molecule is C=C(C)C(=O)OCCOC(=O)NC1CC(C)(C)CC(C)(CNC(=O)OCC2CCC(COC(=O)NCC3(C)CC(NC(=O)OCCOC(=O)C(C)=O)CC(C)(C)C3)CC2)C1. The fourth-order valence-electron chi connectivity index (χ4n) is 9.54. The molecule has 0 bridgehead atoms. The summed E-state index contributed by atoms with van der Waals surface area (Å²) < 4.78 is 31.3. The molecule has 60 heavy (non-hydrogen) atoms. The molecule has 17 nitrogen and oxygen atoms in total. The van der Waals surface area contributed by atoms with Crippen molar-refractivity contribution in [1.29, 1.82) is 0 Å². The standard InChI is InChI=1S/C43H70N4O13/c1-28(2)34(49)55-14-16-57-38(53)46-32-18-40(4,5)24-42(8,20-32)26-44-36(51)59-22-30-10-12-31(13-11-30)23-60-37(52)45-27-43(9)21-33(19-41(6,7)25-43)47-39(54)58-17-15-56-35(50)29(3)48/h30-33H,1,10-27H2,2-9H3,(H,44,51)(H,45,52)(H,46,53)(H,47,54). The zero-order valence-corrected chi connectivity index (χ0v) is 37.1. The molecular formula is C43H70N4O13. The Morgan fingerprint density at radius 2 is 0.883 bits per heavy atom. The average molecular weight is 851 g/mol. The minimum atomic E-state index is -0.980. The van der Waals surface area contributed by atoms with Crippen molar-refractivity contribution in [3.8, 4) is 0 Å². The molecule has 0 spiro atoms. The van der Waals surface area contributed by atoms with Crippen LogP contribution in [0.5, 0.6) is 0 Å². The van der Waals surface area contributed by atoms with Crippen LogP contribution in [0.25, 0.3) is 0 Å². The van der Waals surface area contributed by atoms with E-state index in [2.05, 4.69) is 69.4 Å². The van der Waals surface area contributed by atoms with E-state index in [0.717, 1.165) is 58.3 Å². The highest BCUT2D eigenvalue weighted by molar-refractivity contribution is 6.32. The molecule has 0 saturated heterocycles. The van der Waals surface area contributed by atoms with Crippen LogP contribution in [0.15, 0.2) is 12.2 Å². The summed E-state index contributed by atoms with van der Waals surface area (Å²) in [7, 11) is 0. The molecule has 0 aromatic carbocycles. The third-order valence-electron chi connectivity index (χ3n) is 11.5. The summed E-state index contributed by atoms with van der Waals surface area (Å²) in [5, 5.41) is 11.7. The van der Waals surface area contributed by atoms with Crippen molar-refractivity contribution in [2.45, 2.75) is 132 Å². The number of ether oxygens (including phenoxy) is 6. The summed E-state index contributed by atoms with van der Waals surface area (Å²) in [5.41, 5.74) is -0.543. The van der Waals surface area contributed by atoms with Crippen molar-refractivity contribution in [2.75, 3.05) is 52.7 Å². The number of alkyl carbamates (subject to hydrolysis) is 4. The molecule has 0 radical (unpaired) electrons. The van der Waals surface area contributed by atoms with Gasteiger partial charge >= 0.3 is 36.3 Å². The highest BCUT2D eigenvalue weighted by atomic mass is 16.6. The van der Waals surface area contributed by atoms with Gasteiger partial charge in [0, 0.05) is 37.7 Å². The van der Waals surface area contributed by atoms with E-state index in [1.807, 2.05) is 0 Å². The summed E-state index contributed by atoms with van der Waals surface area (Å²) in [5.74, 6) is -1.82. The Morgan fingerprint density at radius 3 is 1.25 bits per heavy atom. The minimum absolute atomic E-state index is 0.0593. The second-order valence-electron chi connectivity index (χ2n) is 19.5. The van der Waals surface area contributed by atoms with Crippen molar-refractivity contribution in [2.24, 2.45) is 33.5 Å². The van der Waals surface area contributed by atoms with Gasteiger partial charge in [-0.3, -0.25) is 4.79 Å². The van der Waals surface area contributed by atoms with Gasteiger partial charge in [0.2, 0.25) is 5.78 Å². The number of rotatable bonds is 18. The number of carbonyl (C=O) groups is 7. The predicted octanol–water partition coefficient (Wildman–Crippen LogP) is 6.12. The Morgan fingerprint density at radius 1 is 0.517 bits per heavy atom. The number of esters is 2. The number of hydrogen-bond donors (Lipinski definition) is 4. The smallest absolute Gasteiger partial charge is 0.407 e. The molecule has 340 valence electrons. The molecular weight excluding hydrogens is 780 g/mol. The first kappa shape index (κ1) is 49.8. The number of amides is 4. The first-order valence-corrected chi connectivity index (χ1v) is 21.1. The topological polar surface area (TPSA) is 223 Å². The lowest BCUT2D eigenvalue weighted by molar-refractivity contribution is -0.153. The molecule has 3 aliphatic rings. The van der Waals surface area contributed by atoms with Gasteiger partial charge in [0.25, 0.3) is 0 Å². The quantitative estimate of drug-likeness (QED) is 0.0402. The van der Waals surface area contributed by atoms with Crippen LogP contribution < -0.4 is 21.3 Å². The van der Waals surface area contributed by atoms with Crippen molar-refractivity contribution in [3.63, 3.8) is 0 Å². The van der Waals surface area contributed by atoms with Gasteiger partial charge in [-0.15, -0.1) is 0 Å². The Balaban J connectivity index is 1.31. The minimum Gasteiger partial charge on any atom is -0.459 e. The summed E-state index contributed by atoms with van der Waals surface area (Å²) >= 11 is 0. The van der Waals surface area contributed by atoms with Gasteiger partial charge in [-0.1, -0.05) is 48.1 Å².